The number of pyridine rings is 1. The van der Waals surface area contributed by atoms with Gasteiger partial charge in [0.05, 0.1) is 0 Å². The van der Waals surface area contributed by atoms with E-state index in [0.29, 0.717) is 23.9 Å². The van der Waals surface area contributed by atoms with E-state index in [4.69, 9.17) is 0 Å². The van der Waals surface area contributed by atoms with E-state index in [9.17, 15) is 9.59 Å². The zero-order chi connectivity index (χ0) is 21.3. The Balaban J connectivity index is 1.71. The lowest BCUT2D eigenvalue weighted by Gasteiger charge is -2.29. The van der Waals surface area contributed by atoms with Crippen LogP contribution in [0.2, 0.25) is 0 Å². The molecule has 1 amide bonds. The van der Waals surface area contributed by atoms with Crippen molar-refractivity contribution in [2.24, 2.45) is 5.92 Å². The van der Waals surface area contributed by atoms with Crippen molar-refractivity contribution in [3.05, 3.63) is 69.1 Å². The molecule has 1 aliphatic heterocycles. The number of likely N-dealkylation sites (N-methyl/N-ethyl adjacent to an activating group) is 1. The Kier molecular flexibility index (Phi) is 6.09. The standard InChI is InChI=1S/C25H33N3O2/c1-18-15-23(29)24(25(30)28-17-20-9-11-21(28)16-20)22(27(18)14-13-26(2)3)12-10-19-7-5-4-6-8-19/h4-8,15,20-21H,9-14,16-17H2,1-3H3. The fourth-order valence-corrected chi connectivity index (χ4v) is 5.15. The third kappa shape index (κ3) is 4.22. The first-order valence-corrected chi connectivity index (χ1v) is 11.2. The molecule has 160 valence electrons. The van der Waals surface area contributed by atoms with Crippen molar-refractivity contribution in [2.75, 3.05) is 27.2 Å². The van der Waals surface area contributed by atoms with Crippen molar-refractivity contribution in [3.8, 4) is 0 Å². The molecule has 2 fully saturated rings. The summed E-state index contributed by atoms with van der Waals surface area (Å²) >= 11 is 0. The third-order valence-corrected chi connectivity index (χ3v) is 6.77. The maximum absolute atomic E-state index is 13.6. The maximum atomic E-state index is 13.6. The van der Waals surface area contributed by atoms with E-state index < -0.39 is 0 Å². The number of aryl methyl sites for hydroxylation is 2. The van der Waals surface area contributed by atoms with Gasteiger partial charge >= 0.3 is 0 Å². The Labute approximate surface area is 179 Å². The van der Waals surface area contributed by atoms with E-state index in [1.807, 2.05) is 30.0 Å². The van der Waals surface area contributed by atoms with Crippen molar-refractivity contribution in [2.45, 2.75) is 51.6 Å². The second kappa shape index (κ2) is 8.76. The first-order valence-electron chi connectivity index (χ1n) is 11.2. The van der Waals surface area contributed by atoms with E-state index in [0.717, 1.165) is 50.3 Å². The molecule has 1 aliphatic carbocycles. The van der Waals surface area contributed by atoms with Crippen LogP contribution in [0.5, 0.6) is 0 Å². The molecule has 2 aromatic rings. The van der Waals surface area contributed by atoms with Crippen LogP contribution in [-0.4, -0.2) is 53.5 Å². The summed E-state index contributed by atoms with van der Waals surface area (Å²) in [4.78, 5) is 30.8. The highest BCUT2D eigenvalue weighted by molar-refractivity contribution is 5.95. The summed E-state index contributed by atoms with van der Waals surface area (Å²) in [7, 11) is 4.10. The molecule has 2 atom stereocenters. The molecular formula is C25H33N3O2. The van der Waals surface area contributed by atoms with Crippen molar-refractivity contribution < 1.29 is 4.79 Å². The topological polar surface area (TPSA) is 45.6 Å². The summed E-state index contributed by atoms with van der Waals surface area (Å²) in [6, 6.07) is 12.3. The Bertz CT molecular complexity index is 964. The van der Waals surface area contributed by atoms with Gasteiger partial charge in [0.1, 0.15) is 5.56 Å². The predicted molar refractivity (Wildman–Crippen MR) is 120 cm³/mol. The zero-order valence-corrected chi connectivity index (χ0v) is 18.4. The van der Waals surface area contributed by atoms with Crippen LogP contribution in [0.15, 0.2) is 41.2 Å². The monoisotopic (exact) mass is 407 g/mol. The lowest BCUT2D eigenvalue weighted by Crippen LogP contribution is -2.41. The lowest BCUT2D eigenvalue weighted by molar-refractivity contribution is 0.0699. The summed E-state index contributed by atoms with van der Waals surface area (Å²) in [6.07, 6.45) is 4.91. The number of fused-ring (bicyclic) bond motifs is 2. The molecule has 2 bridgehead atoms. The number of nitrogens with zero attached hydrogens (tertiary/aromatic N) is 3. The molecule has 1 aromatic carbocycles. The minimum Gasteiger partial charge on any atom is -0.347 e. The van der Waals surface area contributed by atoms with Crippen molar-refractivity contribution >= 4 is 5.91 Å². The number of likely N-dealkylation sites (tertiary alicyclic amines) is 1. The van der Waals surface area contributed by atoms with Gasteiger partial charge in [0.25, 0.3) is 5.91 Å². The quantitative estimate of drug-likeness (QED) is 0.708. The number of aromatic nitrogens is 1. The molecule has 2 aliphatic rings. The van der Waals surface area contributed by atoms with Gasteiger partial charge < -0.3 is 14.4 Å². The van der Waals surface area contributed by atoms with Crippen LogP contribution >= 0.6 is 0 Å². The fourth-order valence-electron chi connectivity index (χ4n) is 5.15. The second-order valence-electron chi connectivity index (χ2n) is 9.20. The molecule has 2 unspecified atom stereocenters. The number of amides is 1. The summed E-state index contributed by atoms with van der Waals surface area (Å²) in [6.45, 7) is 4.43. The van der Waals surface area contributed by atoms with Crippen LogP contribution in [0.1, 0.15) is 46.6 Å². The average Bonchev–Trinajstić information content (AvgIpc) is 3.35. The molecule has 4 rings (SSSR count). The Morgan fingerprint density at radius 3 is 2.53 bits per heavy atom. The highest BCUT2D eigenvalue weighted by Gasteiger charge is 2.41. The number of piperidine rings is 1. The molecule has 1 aromatic heterocycles. The van der Waals surface area contributed by atoms with E-state index in [1.165, 1.54) is 12.0 Å². The molecule has 30 heavy (non-hydrogen) atoms. The number of carbonyl (C=O) groups is 1. The number of rotatable bonds is 7. The second-order valence-corrected chi connectivity index (χ2v) is 9.20. The van der Waals surface area contributed by atoms with Gasteiger partial charge in [-0.15, -0.1) is 0 Å². The zero-order valence-electron chi connectivity index (χ0n) is 18.4. The van der Waals surface area contributed by atoms with Crippen LogP contribution < -0.4 is 5.43 Å². The number of benzene rings is 1. The number of hydrogen-bond donors (Lipinski definition) is 0. The van der Waals surface area contributed by atoms with Gasteiger partial charge in [-0.3, -0.25) is 9.59 Å². The highest BCUT2D eigenvalue weighted by Crippen LogP contribution is 2.38. The van der Waals surface area contributed by atoms with Crippen LogP contribution in [0.25, 0.3) is 0 Å². The summed E-state index contributed by atoms with van der Waals surface area (Å²) in [5.41, 5.74) is 3.35. The van der Waals surface area contributed by atoms with Gasteiger partial charge in [0.15, 0.2) is 5.43 Å². The fraction of sp³-hybridized carbons (Fsp3) is 0.520. The largest absolute Gasteiger partial charge is 0.347 e. The molecule has 0 N–H and O–H groups in total. The summed E-state index contributed by atoms with van der Waals surface area (Å²) in [5, 5.41) is 0. The first-order chi connectivity index (χ1) is 14.4. The van der Waals surface area contributed by atoms with Crippen LogP contribution in [-0.2, 0) is 19.4 Å². The predicted octanol–water partition coefficient (Wildman–Crippen LogP) is 3.13. The van der Waals surface area contributed by atoms with E-state index >= 15 is 0 Å². The molecule has 1 saturated carbocycles. The van der Waals surface area contributed by atoms with E-state index in [-0.39, 0.29) is 11.3 Å². The smallest absolute Gasteiger partial charge is 0.259 e. The molecule has 5 heteroatoms. The molecule has 0 radical (unpaired) electrons. The SMILES string of the molecule is Cc1cc(=O)c(C(=O)N2CC3CCC2C3)c(CCc2ccccc2)n1CCN(C)C. The summed E-state index contributed by atoms with van der Waals surface area (Å²) < 4.78 is 2.20. The van der Waals surface area contributed by atoms with Crippen LogP contribution in [0, 0.1) is 12.8 Å². The Morgan fingerprint density at radius 1 is 1.13 bits per heavy atom. The van der Waals surface area contributed by atoms with Gasteiger partial charge in [0, 0.05) is 43.1 Å². The van der Waals surface area contributed by atoms with Gasteiger partial charge in [-0.25, -0.2) is 0 Å². The maximum Gasteiger partial charge on any atom is 0.259 e. The van der Waals surface area contributed by atoms with E-state index in [1.54, 1.807) is 6.07 Å². The number of hydrogen-bond acceptors (Lipinski definition) is 3. The highest BCUT2D eigenvalue weighted by atomic mass is 16.2. The third-order valence-electron chi connectivity index (χ3n) is 6.77. The summed E-state index contributed by atoms with van der Waals surface area (Å²) in [5.74, 6) is 0.571. The average molecular weight is 408 g/mol. The Hall–Kier alpha value is -2.40. The van der Waals surface area contributed by atoms with Crippen LogP contribution in [0.3, 0.4) is 0 Å². The van der Waals surface area contributed by atoms with Gasteiger partial charge in [-0.1, -0.05) is 30.3 Å². The first kappa shape index (κ1) is 20.9. The minimum atomic E-state index is -0.121. The lowest BCUT2D eigenvalue weighted by atomic mass is 10.0. The molecular weight excluding hydrogens is 374 g/mol. The van der Waals surface area contributed by atoms with Crippen molar-refractivity contribution in [3.63, 3.8) is 0 Å². The molecule has 5 nitrogen and oxygen atoms in total. The van der Waals surface area contributed by atoms with Crippen molar-refractivity contribution in [1.29, 1.82) is 0 Å². The number of carbonyl (C=O) groups excluding carboxylic acids is 1. The normalized spacial score (nSPS) is 20.3. The molecule has 0 spiro atoms. The Morgan fingerprint density at radius 2 is 1.90 bits per heavy atom. The van der Waals surface area contributed by atoms with E-state index in [2.05, 4.69) is 35.7 Å². The van der Waals surface area contributed by atoms with Gasteiger partial charge in [-0.05, 0) is 64.6 Å². The van der Waals surface area contributed by atoms with Crippen LogP contribution in [0.4, 0.5) is 0 Å². The minimum absolute atomic E-state index is 0.0473. The van der Waals surface area contributed by atoms with Gasteiger partial charge in [0.2, 0.25) is 0 Å². The van der Waals surface area contributed by atoms with Crippen molar-refractivity contribution in [1.82, 2.24) is 14.4 Å². The molecule has 2 heterocycles. The molecule has 1 saturated heterocycles. The van der Waals surface area contributed by atoms with Gasteiger partial charge in [-0.2, -0.15) is 0 Å².